The number of ether oxygens (including phenoxy) is 1. The first-order valence-corrected chi connectivity index (χ1v) is 13.3. The zero-order chi connectivity index (χ0) is 22.7. The maximum atomic E-state index is 14.6. The molecule has 2 aromatic carbocycles. The molecule has 4 nitrogen and oxygen atoms in total. The molecule has 32 heavy (non-hydrogen) atoms. The predicted molar refractivity (Wildman–Crippen MR) is 132 cm³/mol. The van der Waals surface area contributed by atoms with Crippen molar-refractivity contribution in [1.29, 1.82) is 0 Å². The first-order chi connectivity index (χ1) is 15.4. The van der Waals surface area contributed by atoms with E-state index >= 15 is 0 Å². The van der Waals surface area contributed by atoms with Crippen LogP contribution in [0.5, 0.6) is 5.75 Å². The van der Waals surface area contributed by atoms with Gasteiger partial charge in [-0.05, 0) is 79.9 Å². The fraction of sp³-hybridized carbons (Fsp3) is 0.458. The number of nitrogens with zero attached hydrogens (tertiary/aromatic N) is 1. The highest BCUT2D eigenvalue weighted by atomic mass is 79.9. The van der Waals surface area contributed by atoms with Crippen LogP contribution in [-0.2, 0) is 6.54 Å². The first-order valence-electron chi connectivity index (χ1n) is 10.9. The van der Waals surface area contributed by atoms with Crippen LogP contribution in [0.4, 0.5) is 4.39 Å². The Hall–Kier alpha value is -1.28. The number of rotatable bonds is 8. The summed E-state index contributed by atoms with van der Waals surface area (Å²) in [6.07, 6.45) is 5.92. The van der Waals surface area contributed by atoms with Gasteiger partial charge >= 0.3 is 0 Å². The fourth-order valence-electron chi connectivity index (χ4n) is 4.14. The predicted octanol–water partition coefficient (Wildman–Crippen LogP) is 6.42. The third-order valence-corrected chi connectivity index (χ3v) is 7.38. The van der Waals surface area contributed by atoms with Crippen molar-refractivity contribution in [3.8, 4) is 5.75 Å². The number of hydrogen-bond acceptors (Lipinski definition) is 4. The van der Waals surface area contributed by atoms with E-state index in [2.05, 4.69) is 31.6 Å². The van der Waals surface area contributed by atoms with E-state index in [-0.39, 0.29) is 5.56 Å². The molecule has 8 heteroatoms. The van der Waals surface area contributed by atoms with Gasteiger partial charge in [-0.25, -0.2) is 4.39 Å². The second kappa shape index (κ2) is 10.8. The highest BCUT2D eigenvalue weighted by Crippen LogP contribution is 2.45. The number of carbonyl (C=O) groups is 1. The van der Waals surface area contributed by atoms with Crippen LogP contribution in [0.25, 0.3) is 0 Å². The van der Waals surface area contributed by atoms with E-state index in [9.17, 15) is 9.18 Å². The minimum Gasteiger partial charge on any atom is -0.493 e. The molecule has 0 radical (unpaired) electrons. The summed E-state index contributed by atoms with van der Waals surface area (Å²) in [5.41, 5.74) is 2.19. The SMILES string of the molecule is CSNC(=O)c1cc(C2CC2)c(OCC2CCN(Cc3ccc(Br)cc3Cl)CC2)cc1F. The van der Waals surface area contributed by atoms with Crippen molar-refractivity contribution >= 4 is 45.4 Å². The molecule has 2 aliphatic rings. The van der Waals surface area contributed by atoms with E-state index in [1.807, 2.05) is 12.1 Å². The molecule has 0 aromatic heterocycles. The quantitative estimate of drug-likeness (QED) is 0.392. The summed E-state index contributed by atoms with van der Waals surface area (Å²) in [6, 6.07) is 9.10. The Bertz CT molecular complexity index is 981. The molecular weight excluding hydrogens is 515 g/mol. The molecule has 1 aliphatic carbocycles. The van der Waals surface area contributed by atoms with E-state index < -0.39 is 11.7 Å². The minimum absolute atomic E-state index is 0.0912. The molecule has 0 atom stereocenters. The Morgan fingerprint density at radius 3 is 2.66 bits per heavy atom. The molecule has 0 unspecified atom stereocenters. The van der Waals surface area contributed by atoms with Crippen LogP contribution in [-0.4, -0.2) is 36.8 Å². The van der Waals surface area contributed by atoms with Gasteiger partial charge in [0.15, 0.2) is 0 Å². The molecular formula is C24H27BrClFN2O2S. The van der Waals surface area contributed by atoms with Crippen molar-refractivity contribution < 1.29 is 13.9 Å². The van der Waals surface area contributed by atoms with E-state index in [4.69, 9.17) is 16.3 Å². The van der Waals surface area contributed by atoms with Crippen molar-refractivity contribution in [2.45, 2.75) is 38.1 Å². The third kappa shape index (κ3) is 5.99. The summed E-state index contributed by atoms with van der Waals surface area (Å²) in [6.45, 7) is 3.38. The third-order valence-electron chi connectivity index (χ3n) is 6.15. The van der Waals surface area contributed by atoms with E-state index in [1.165, 1.54) is 18.0 Å². The summed E-state index contributed by atoms with van der Waals surface area (Å²) >= 11 is 11.0. The number of halogens is 3. The maximum Gasteiger partial charge on any atom is 0.264 e. The van der Waals surface area contributed by atoms with Gasteiger partial charge in [0.25, 0.3) is 5.91 Å². The van der Waals surface area contributed by atoms with Crippen LogP contribution in [0, 0.1) is 11.7 Å². The molecule has 4 rings (SSSR count). The van der Waals surface area contributed by atoms with Crippen LogP contribution in [0.3, 0.4) is 0 Å². The number of nitrogens with one attached hydrogen (secondary N) is 1. The van der Waals surface area contributed by atoms with Crippen LogP contribution in [0.2, 0.25) is 5.02 Å². The first kappa shape index (κ1) is 23.9. The Morgan fingerprint density at radius 1 is 1.25 bits per heavy atom. The number of likely N-dealkylation sites (tertiary alicyclic amines) is 1. The topological polar surface area (TPSA) is 41.6 Å². The summed E-state index contributed by atoms with van der Waals surface area (Å²) < 4.78 is 24.3. The fourth-order valence-corrected chi connectivity index (χ4v) is 5.17. The minimum atomic E-state index is -0.530. The number of amides is 1. The maximum absolute atomic E-state index is 14.6. The second-order valence-corrected chi connectivity index (χ2v) is 10.5. The van der Waals surface area contributed by atoms with Gasteiger partial charge in [-0.3, -0.25) is 14.4 Å². The summed E-state index contributed by atoms with van der Waals surface area (Å²) in [5.74, 6) is 0.457. The van der Waals surface area contributed by atoms with Crippen molar-refractivity contribution in [2.75, 3.05) is 26.0 Å². The van der Waals surface area contributed by atoms with Gasteiger partial charge in [-0.1, -0.05) is 45.5 Å². The van der Waals surface area contributed by atoms with E-state index in [0.717, 1.165) is 65.9 Å². The van der Waals surface area contributed by atoms with Gasteiger partial charge in [-0.15, -0.1) is 0 Å². The van der Waals surface area contributed by atoms with E-state index in [0.29, 0.717) is 24.2 Å². The molecule has 1 saturated heterocycles. The normalized spacial score (nSPS) is 17.4. The number of benzene rings is 2. The van der Waals surface area contributed by atoms with Crippen molar-refractivity contribution in [3.05, 3.63) is 62.3 Å². The summed E-state index contributed by atoms with van der Waals surface area (Å²) in [5, 5.41) is 0.786. The van der Waals surface area contributed by atoms with Crippen LogP contribution >= 0.6 is 39.5 Å². The lowest BCUT2D eigenvalue weighted by Gasteiger charge is -2.32. The molecule has 1 amide bonds. The van der Waals surface area contributed by atoms with Gasteiger partial charge in [0, 0.05) is 28.4 Å². The molecule has 1 saturated carbocycles. The van der Waals surface area contributed by atoms with Gasteiger partial charge in [0.1, 0.15) is 11.6 Å². The summed E-state index contributed by atoms with van der Waals surface area (Å²) in [7, 11) is 0. The average molecular weight is 542 g/mol. The van der Waals surface area contributed by atoms with Gasteiger partial charge in [0.05, 0.1) is 12.2 Å². The zero-order valence-electron chi connectivity index (χ0n) is 18.0. The molecule has 1 aliphatic heterocycles. The lowest BCUT2D eigenvalue weighted by Crippen LogP contribution is -2.35. The molecule has 2 fully saturated rings. The standard InChI is InChI=1S/C24H27BrClFN2O2S/c1-32-28-24(30)20-11-19(16-2-3-16)23(12-22(20)27)31-14-15-6-8-29(9-7-15)13-17-4-5-18(25)10-21(17)26/h4-5,10-12,15-16H,2-3,6-9,13-14H2,1H3,(H,28,30). The monoisotopic (exact) mass is 540 g/mol. The smallest absolute Gasteiger partial charge is 0.264 e. The lowest BCUT2D eigenvalue weighted by atomic mass is 9.97. The lowest BCUT2D eigenvalue weighted by molar-refractivity contribution is 0.0980. The van der Waals surface area contributed by atoms with Crippen LogP contribution in [0.15, 0.2) is 34.8 Å². The van der Waals surface area contributed by atoms with Crippen molar-refractivity contribution in [3.63, 3.8) is 0 Å². The number of piperidine rings is 1. The van der Waals surface area contributed by atoms with Gasteiger partial charge < -0.3 is 4.74 Å². The highest BCUT2D eigenvalue weighted by Gasteiger charge is 2.30. The van der Waals surface area contributed by atoms with Crippen molar-refractivity contribution in [1.82, 2.24) is 9.62 Å². The van der Waals surface area contributed by atoms with Crippen molar-refractivity contribution in [2.24, 2.45) is 5.92 Å². The Balaban J connectivity index is 1.33. The summed E-state index contributed by atoms with van der Waals surface area (Å²) in [4.78, 5) is 14.6. The molecule has 1 N–H and O–H groups in total. The second-order valence-electron chi connectivity index (χ2n) is 8.55. The molecule has 0 bridgehead atoms. The molecule has 1 heterocycles. The van der Waals surface area contributed by atoms with E-state index in [1.54, 1.807) is 12.3 Å². The number of hydrogen-bond donors (Lipinski definition) is 1. The largest absolute Gasteiger partial charge is 0.493 e. The van der Waals surface area contributed by atoms with Gasteiger partial charge in [0.2, 0.25) is 0 Å². The van der Waals surface area contributed by atoms with Crippen LogP contribution in [0.1, 0.15) is 53.1 Å². The average Bonchev–Trinajstić information content (AvgIpc) is 3.60. The van der Waals surface area contributed by atoms with Gasteiger partial charge in [-0.2, -0.15) is 0 Å². The Morgan fingerprint density at radius 2 is 2.00 bits per heavy atom. The Kier molecular flexibility index (Phi) is 8.03. The number of carbonyl (C=O) groups excluding carboxylic acids is 1. The Labute approximate surface area is 206 Å². The molecule has 172 valence electrons. The highest BCUT2D eigenvalue weighted by molar-refractivity contribution is 9.10. The zero-order valence-corrected chi connectivity index (χ0v) is 21.2. The molecule has 2 aromatic rings. The van der Waals surface area contributed by atoms with Crippen LogP contribution < -0.4 is 9.46 Å². The molecule has 0 spiro atoms.